The number of carbonyl (C=O) groups is 1. The first-order chi connectivity index (χ1) is 12.5. The van der Waals surface area contributed by atoms with Gasteiger partial charge in [-0.3, -0.25) is 9.59 Å². The van der Waals surface area contributed by atoms with Crippen LogP contribution in [0.1, 0.15) is 13.8 Å². The maximum absolute atomic E-state index is 12.9. The van der Waals surface area contributed by atoms with E-state index < -0.39 is 5.43 Å². The molecule has 7 heteroatoms. The van der Waals surface area contributed by atoms with Gasteiger partial charge in [0.15, 0.2) is 12.4 Å². The van der Waals surface area contributed by atoms with Crippen molar-refractivity contribution in [1.29, 1.82) is 0 Å². The third-order valence-electron chi connectivity index (χ3n) is 4.01. The minimum absolute atomic E-state index is 0.0739. The van der Waals surface area contributed by atoms with Gasteiger partial charge in [0.2, 0.25) is 16.9 Å². The second-order valence-corrected chi connectivity index (χ2v) is 6.00. The summed E-state index contributed by atoms with van der Waals surface area (Å²) in [6.45, 7) is 4.60. The van der Waals surface area contributed by atoms with Crippen molar-refractivity contribution in [3.8, 4) is 17.3 Å². The molecule has 0 aliphatic carbocycles. The highest BCUT2D eigenvalue weighted by Crippen LogP contribution is 2.32. The van der Waals surface area contributed by atoms with E-state index in [2.05, 4.69) is 0 Å². The van der Waals surface area contributed by atoms with E-state index in [-0.39, 0.29) is 29.4 Å². The van der Waals surface area contributed by atoms with Gasteiger partial charge in [-0.05, 0) is 44.2 Å². The number of furan rings is 1. The second kappa shape index (κ2) is 7.66. The molecule has 3 aromatic rings. The van der Waals surface area contributed by atoms with Crippen LogP contribution in [0.15, 0.2) is 50.2 Å². The third kappa shape index (κ3) is 3.46. The number of nitrogens with zero attached hydrogens (tertiary/aromatic N) is 1. The molecule has 0 bridgehead atoms. The molecule has 0 aliphatic rings. The average Bonchev–Trinajstić information content (AvgIpc) is 3.17. The minimum Gasteiger partial charge on any atom is -0.476 e. The fourth-order valence-corrected chi connectivity index (χ4v) is 2.83. The number of benzene rings is 1. The van der Waals surface area contributed by atoms with Crippen LogP contribution in [0, 0.1) is 0 Å². The van der Waals surface area contributed by atoms with Crippen LogP contribution < -0.4 is 10.2 Å². The third-order valence-corrected chi connectivity index (χ3v) is 4.25. The van der Waals surface area contributed by atoms with Gasteiger partial charge in [0.25, 0.3) is 5.91 Å². The Morgan fingerprint density at radius 3 is 2.65 bits per heavy atom. The molecule has 0 aliphatic heterocycles. The highest BCUT2D eigenvalue weighted by atomic mass is 35.5. The molecule has 26 heavy (non-hydrogen) atoms. The summed E-state index contributed by atoms with van der Waals surface area (Å²) in [5.74, 6) is 0.188. The van der Waals surface area contributed by atoms with Crippen LogP contribution in [-0.4, -0.2) is 30.5 Å². The van der Waals surface area contributed by atoms with Crippen molar-refractivity contribution in [2.24, 2.45) is 0 Å². The quantitative estimate of drug-likeness (QED) is 0.652. The van der Waals surface area contributed by atoms with E-state index in [4.69, 9.17) is 25.2 Å². The molecular weight excluding hydrogens is 358 g/mol. The van der Waals surface area contributed by atoms with Gasteiger partial charge >= 0.3 is 0 Å². The van der Waals surface area contributed by atoms with Crippen LogP contribution in [0.25, 0.3) is 22.5 Å². The van der Waals surface area contributed by atoms with E-state index in [1.54, 1.807) is 29.2 Å². The lowest BCUT2D eigenvalue weighted by Gasteiger charge is -2.19. The fraction of sp³-hybridized carbons (Fsp3) is 0.263. The summed E-state index contributed by atoms with van der Waals surface area (Å²) in [7, 11) is 0. The van der Waals surface area contributed by atoms with Crippen LogP contribution in [0.4, 0.5) is 0 Å². The first-order valence-electron chi connectivity index (χ1n) is 8.26. The van der Waals surface area contributed by atoms with Gasteiger partial charge in [0.05, 0.1) is 11.6 Å². The summed E-state index contributed by atoms with van der Waals surface area (Å²) >= 11 is 5.99. The summed E-state index contributed by atoms with van der Waals surface area (Å²) in [6, 6.07) is 8.07. The van der Waals surface area contributed by atoms with Gasteiger partial charge in [-0.2, -0.15) is 0 Å². The van der Waals surface area contributed by atoms with Crippen LogP contribution in [0.3, 0.4) is 0 Å². The molecule has 1 amide bonds. The molecule has 2 aromatic heterocycles. The van der Waals surface area contributed by atoms with Gasteiger partial charge in [0, 0.05) is 18.1 Å². The molecule has 0 radical (unpaired) electrons. The Morgan fingerprint density at radius 2 is 2.00 bits per heavy atom. The molecular formula is C19H18ClNO5. The summed E-state index contributed by atoms with van der Waals surface area (Å²) in [4.78, 5) is 26.8. The molecule has 1 aromatic carbocycles. The Hall–Kier alpha value is -2.73. The lowest BCUT2D eigenvalue weighted by molar-refractivity contribution is -0.132. The zero-order valence-electron chi connectivity index (χ0n) is 14.5. The SMILES string of the molecule is CCN(CC)C(=O)COc1c(-c2ccco2)oc2ccc(Cl)cc2c1=O. The summed E-state index contributed by atoms with van der Waals surface area (Å²) < 4.78 is 16.8. The number of rotatable bonds is 6. The van der Waals surface area contributed by atoms with Crippen molar-refractivity contribution >= 4 is 28.5 Å². The Bertz CT molecular complexity index is 974. The zero-order valence-corrected chi connectivity index (χ0v) is 15.2. The van der Waals surface area contributed by atoms with Crippen molar-refractivity contribution in [2.75, 3.05) is 19.7 Å². The van der Waals surface area contributed by atoms with Gasteiger partial charge in [0.1, 0.15) is 5.58 Å². The maximum Gasteiger partial charge on any atom is 0.260 e. The Morgan fingerprint density at radius 1 is 1.23 bits per heavy atom. The van der Waals surface area contributed by atoms with Crippen molar-refractivity contribution in [1.82, 2.24) is 4.90 Å². The van der Waals surface area contributed by atoms with E-state index >= 15 is 0 Å². The highest BCUT2D eigenvalue weighted by molar-refractivity contribution is 6.31. The van der Waals surface area contributed by atoms with Crippen LogP contribution in [0.2, 0.25) is 5.02 Å². The number of halogens is 1. The number of fused-ring (bicyclic) bond motifs is 1. The zero-order chi connectivity index (χ0) is 18.7. The first kappa shape index (κ1) is 18.1. The molecule has 0 N–H and O–H groups in total. The van der Waals surface area contributed by atoms with Crippen LogP contribution in [0.5, 0.6) is 5.75 Å². The summed E-state index contributed by atoms with van der Waals surface area (Å²) in [5.41, 5.74) is -0.0549. The number of amides is 1. The highest BCUT2D eigenvalue weighted by Gasteiger charge is 2.21. The second-order valence-electron chi connectivity index (χ2n) is 5.56. The van der Waals surface area contributed by atoms with Crippen LogP contribution in [-0.2, 0) is 4.79 Å². The first-order valence-corrected chi connectivity index (χ1v) is 8.63. The lowest BCUT2D eigenvalue weighted by atomic mass is 10.2. The van der Waals surface area contributed by atoms with Crippen molar-refractivity contribution in [3.63, 3.8) is 0 Å². The predicted molar refractivity (Wildman–Crippen MR) is 98.6 cm³/mol. The van der Waals surface area contributed by atoms with E-state index in [0.717, 1.165) is 0 Å². The molecule has 136 valence electrons. The molecule has 0 atom stereocenters. The maximum atomic E-state index is 12.9. The predicted octanol–water partition coefficient (Wildman–Crippen LogP) is 3.95. The smallest absolute Gasteiger partial charge is 0.260 e. The van der Waals surface area contributed by atoms with Crippen molar-refractivity contribution < 1.29 is 18.4 Å². The standard InChI is InChI=1S/C19H18ClNO5/c1-3-21(4-2)16(22)11-25-19-17(23)13-10-12(20)7-8-14(13)26-18(19)15-6-5-9-24-15/h5-10H,3-4,11H2,1-2H3. The Kier molecular flexibility index (Phi) is 5.32. The average molecular weight is 376 g/mol. The molecule has 0 spiro atoms. The summed E-state index contributed by atoms with van der Waals surface area (Å²) in [5, 5.41) is 0.679. The lowest BCUT2D eigenvalue weighted by Crippen LogP contribution is -2.35. The molecule has 6 nitrogen and oxygen atoms in total. The Balaban J connectivity index is 2.07. The molecule has 0 unspecified atom stereocenters. The van der Waals surface area contributed by atoms with Crippen molar-refractivity contribution in [3.05, 3.63) is 51.8 Å². The van der Waals surface area contributed by atoms with Crippen molar-refractivity contribution in [2.45, 2.75) is 13.8 Å². The van der Waals surface area contributed by atoms with Crippen LogP contribution >= 0.6 is 11.6 Å². The molecule has 3 rings (SSSR count). The normalized spacial score (nSPS) is 10.9. The number of hydrogen-bond donors (Lipinski definition) is 0. The van der Waals surface area contributed by atoms with E-state index in [1.807, 2.05) is 13.8 Å². The monoisotopic (exact) mass is 375 g/mol. The van der Waals surface area contributed by atoms with E-state index in [1.165, 1.54) is 12.3 Å². The van der Waals surface area contributed by atoms with Gasteiger partial charge < -0.3 is 18.5 Å². The number of carbonyl (C=O) groups excluding carboxylic acids is 1. The van der Waals surface area contributed by atoms with Gasteiger partial charge in [-0.1, -0.05) is 11.6 Å². The number of ether oxygens (including phenoxy) is 1. The number of hydrogen-bond acceptors (Lipinski definition) is 5. The van der Waals surface area contributed by atoms with E-state index in [9.17, 15) is 9.59 Å². The van der Waals surface area contributed by atoms with Gasteiger partial charge in [-0.25, -0.2) is 0 Å². The molecule has 2 heterocycles. The fourth-order valence-electron chi connectivity index (χ4n) is 2.65. The molecule has 0 fully saturated rings. The van der Waals surface area contributed by atoms with Gasteiger partial charge in [-0.15, -0.1) is 0 Å². The topological polar surface area (TPSA) is 72.9 Å². The number of likely N-dealkylation sites (N-methyl/N-ethyl adjacent to an activating group) is 1. The Labute approximate surface area is 154 Å². The van der Waals surface area contributed by atoms with E-state index in [0.29, 0.717) is 29.5 Å². The largest absolute Gasteiger partial charge is 0.476 e. The minimum atomic E-state index is -0.410. The molecule has 0 saturated heterocycles. The summed E-state index contributed by atoms with van der Waals surface area (Å²) in [6.07, 6.45) is 1.46. The molecule has 0 saturated carbocycles.